The van der Waals surface area contributed by atoms with E-state index in [2.05, 4.69) is 11.8 Å². The minimum atomic E-state index is 0.434. The molecule has 0 aliphatic rings. The van der Waals surface area contributed by atoms with E-state index in [-0.39, 0.29) is 0 Å². The summed E-state index contributed by atoms with van der Waals surface area (Å²) in [7, 11) is 0. The van der Waals surface area contributed by atoms with Crippen LogP contribution in [0.25, 0.3) is 5.76 Å². The Hall–Kier alpha value is -1.64. The van der Waals surface area contributed by atoms with Crippen LogP contribution in [0.4, 0.5) is 5.69 Å². The number of hydrogen-bond donors (Lipinski definition) is 0. The summed E-state index contributed by atoms with van der Waals surface area (Å²) in [6.07, 6.45) is 0. The lowest BCUT2D eigenvalue weighted by Crippen LogP contribution is -1.90. The first kappa shape index (κ1) is 10.4. The molecule has 0 atom stereocenters. The summed E-state index contributed by atoms with van der Waals surface area (Å²) >= 11 is 0. The van der Waals surface area contributed by atoms with Gasteiger partial charge in [-0.3, -0.25) is 0 Å². The van der Waals surface area contributed by atoms with Gasteiger partial charge in [-0.2, -0.15) is 0 Å². The van der Waals surface area contributed by atoms with Crippen molar-refractivity contribution >= 4 is 11.4 Å². The zero-order valence-electron chi connectivity index (χ0n) is 8.41. The molecule has 74 valence electrons. The quantitative estimate of drug-likeness (QED) is 0.540. The van der Waals surface area contributed by atoms with Crippen molar-refractivity contribution < 1.29 is 4.74 Å². The van der Waals surface area contributed by atoms with Crippen LogP contribution >= 0.6 is 0 Å². The smallest absolute Gasteiger partial charge is 0.119 e. The van der Waals surface area contributed by atoms with Gasteiger partial charge in [0.15, 0.2) is 0 Å². The highest BCUT2D eigenvalue weighted by atomic mass is 16.5. The van der Waals surface area contributed by atoms with Gasteiger partial charge < -0.3 is 4.74 Å². The topological polar surface area (TPSA) is 38.7 Å². The average molecular weight is 191 g/mol. The van der Waals surface area contributed by atoms with Gasteiger partial charge in [-0.1, -0.05) is 18.7 Å². The minimum Gasteiger partial charge on any atom is -0.494 e. The van der Waals surface area contributed by atoms with Crippen LogP contribution in [0.15, 0.2) is 30.0 Å². The Morgan fingerprint density at radius 3 is 2.86 bits per heavy atom. The molecule has 0 saturated heterocycles. The van der Waals surface area contributed by atoms with Gasteiger partial charge in [0.05, 0.1) is 6.61 Å². The lowest BCUT2D eigenvalue weighted by molar-refractivity contribution is 0.299. The molecule has 14 heavy (non-hydrogen) atoms. The third-order valence-corrected chi connectivity index (χ3v) is 1.95. The first-order valence-corrected chi connectivity index (χ1v) is 4.45. The van der Waals surface area contributed by atoms with Gasteiger partial charge in [0.2, 0.25) is 0 Å². The summed E-state index contributed by atoms with van der Waals surface area (Å²) in [6, 6.07) is 5.37. The highest BCUT2D eigenvalue weighted by molar-refractivity contribution is 5.63. The SMILES string of the molecule is C=C(OCC)c1ccc(C)c(N=O)c1. The number of nitrogens with zero attached hydrogens (tertiary/aromatic N) is 1. The Balaban J connectivity index is 3.00. The van der Waals surface area contributed by atoms with Crippen LogP contribution in [-0.4, -0.2) is 6.61 Å². The Bertz CT molecular complexity index is 358. The molecule has 0 aromatic heterocycles. The van der Waals surface area contributed by atoms with E-state index in [0.29, 0.717) is 18.1 Å². The van der Waals surface area contributed by atoms with Gasteiger partial charge in [-0.25, -0.2) is 0 Å². The van der Waals surface area contributed by atoms with Crippen LogP contribution in [0, 0.1) is 11.8 Å². The molecule has 0 fully saturated rings. The van der Waals surface area contributed by atoms with Crippen molar-refractivity contribution in [3.05, 3.63) is 40.8 Å². The van der Waals surface area contributed by atoms with Crippen LogP contribution in [-0.2, 0) is 4.74 Å². The molecule has 1 rings (SSSR count). The van der Waals surface area contributed by atoms with E-state index in [1.54, 1.807) is 6.07 Å². The predicted octanol–water partition coefficient (Wildman–Crippen LogP) is 3.40. The molecule has 3 nitrogen and oxygen atoms in total. The van der Waals surface area contributed by atoms with Gasteiger partial charge >= 0.3 is 0 Å². The largest absolute Gasteiger partial charge is 0.494 e. The molecule has 0 heterocycles. The fourth-order valence-corrected chi connectivity index (χ4v) is 1.14. The average Bonchev–Trinajstić information content (AvgIpc) is 2.19. The van der Waals surface area contributed by atoms with Gasteiger partial charge in [-0.05, 0) is 30.7 Å². The minimum absolute atomic E-state index is 0.434. The first-order valence-electron chi connectivity index (χ1n) is 4.45. The highest BCUT2D eigenvalue weighted by Crippen LogP contribution is 2.23. The zero-order chi connectivity index (χ0) is 10.6. The van der Waals surface area contributed by atoms with Crippen molar-refractivity contribution in [3.8, 4) is 0 Å². The number of hydrogen-bond acceptors (Lipinski definition) is 3. The fourth-order valence-electron chi connectivity index (χ4n) is 1.14. The second-order valence-corrected chi connectivity index (χ2v) is 2.95. The molecule has 1 aromatic rings. The summed E-state index contributed by atoms with van der Waals surface area (Å²) in [5, 5.41) is 2.93. The molecular weight excluding hydrogens is 178 g/mol. The molecule has 0 saturated carbocycles. The summed E-state index contributed by atoms with van der Waals surface area (Å²) in [6.45, 7) is 8.04. The van der Waals surface area contributed by atoms with Crippen molar-refractivity contribution in [2.45, 2.75) is 13.8 Å². The lowest BCUT2D eigenvalue weighted by atomic mass is 10.1. The van der Waals surface area contributed by atoms with E-state index in [9.17, 15) is 4.91 Å². The Morgan fingerprint density at radius 1 is 1.57 bits per heavy atom. The van der Waals surface area contributed by atoms with Gasteiger partial charge in [0.1, 0.15) is 11.4 Å². The van der Waals surface area contributed by atoms with E-state index in [1.165, 1.54) is 0 Å². The summed E-state index contributed by atoms with van der Waals surface area (Å²) in [4.78, 5) is 10.4. The third-order valence-electron chi connectivity index (χ3n) is 1.95. The van der Waals surface area contributed by atoms with Crippen LogP contribution in [0.1, 0.15) is 18.1 Å². The Morgan fingerprint density at radius 2 is 2.29 bits per heavy atom. The summed E-state index contributed by atoms with van der Waals surface area (Å²) < 4.78 is 5.23. The van der Waals surface area contributed by atoms with Crippen LogP contribution in [0.2, 0.25) is 0 Å². The molecule has 1 aromatic carbocycles. The van der Waals surface area contributed by atoms with E-state index < -0.39 is 0 Å². The van der Waals surface area contributed by atoms with E-state index in [4.69, 9.17) is 4.74 Å². The Kier molecular flexibility index (Phi) is 3.40. The van der Waals surface area contributed by atoms with Crippen molar-refractivity contribution in [3.63, 3.8) is 0 Å². The van der Waals surface area contributed by atoms with Crippen molar-refractivity contribution in [1.29, 1.82) is 0 Å². The molecule has 0 aliphatic carbocycles. The highest BCUT2D eigenvalue weighted by Gasteiger charge is 2.03. The van der Waals surface area contributed by atoms with Crippen molar-refractivity contribution in [1.82, 2.24) is 0 Å². The second-order valence-electron chi connectivity index (χ2n) is 2.95. The maximum Gasteiger partial charge on any atom is 0.119 e. The maximum absolute atomic E-state index is 10.4. The lowest BCUT2D eigenvalue weighted by Gasteiger charge is -2.07. The van der Waals surface area contributed by atoms with E-state index in [1.807, 2.05) is 26.0 Å². The summed E-state index contributed by atoms with van der Waals surface area (Å²) in [5.41, 5.74) is 2.09. The maximum atomic E-state index is 10.4. The van der Waals surface area contributed by atoms with E-state index >= 15 is 0 Å². The molecule has 0 radical (unpaired) electrons. The molecule has 0 bridgehead atoms. The van der Waals surface area contributed by atoms with E-state index in [0.717, 1.165) is 11.1 Å². The first-order chi connectivity index (χ1) is 6.69. The predicted molar refractivity (Wildman–Crippen MR) is 57.3 cm³/mol. The normalized spacial score (nSPS) is 9.57. The zero-order valence-corrected chi connectivity index (χ0v) is 8.41. The van der Waals surface area contributed by atoms with Crippen molar-refractivity contribution in [2.24, 2.45) is 5.18 Å². The van der Waals surface area contributed by atoms with Crippen LogP contribution in [0.3, 0.4) is 0 Å². The standard InChI is InChI=1S/C11H13NO2/c1-4-14-9(3)10-6-5-8(2)11(7-10)12-13/h5-7H,3-4H2,1-2H3. The molecule has 0 amide bonds. The number of ether oxygens (including phenoxy) is 1. The molecular formula is C11H13NO2. The molecule has 0 aliphatic heterocycles. The Labute approximate surface area is 83.4 Å². The fraction of sp³-hybridized carbons (Fsp3) is 0.273. The number of rotatable bonds is 4. The van der Waals surface area contributed by atoms with Crippen LogP contribution < -0.4 is 0 Å². The number of aryl methyl sites for hydroxylation is 1. The van der Waals surface area contributed by atoms with Gasteiger partial charge in [-0.15, -0.1) is 4.91 Å². The van der Waals surface area contributed by atoms with Gasteiger partial charge in [0.25, 0.3) is 0 Å². The molecule has 0 N–H and O–H groups in total. The number of benzene rings is 1. The molecule has 0 spiro atoms. The third kappa shape index (κ3) is 2.19. The second kappa shape index (κ2) is 4.56. The van der Waals surface area contributed by atoms with Crippen LogP contribution in [0.5, 0.6) is 0 Å². The van der Waals surface area contributed by atoms with Gasteiger partial charge in [0, 0.05) is 5.56 Å². The molecule has 3 heteroatoms. The molecule has 0 unspecified atom stereocenters. The van der Waals surface area contributed by atoms with Crippen molar-refractivity contribution in [2.75, 3.05) is 6.61 Å². The monoisotopic (exact) mass is 191 g/mol. The summed E-state index contributed by atoms with van der Waals surface area (Å²) in [5.74, 6) is 0.567. The number of nitroso groups, excluding NO2 is 1.